The number of phenols is 1. The predicted molar refractivity (Wildman–Crippen MR) is 225 cm³/mol. The minimum atomic E-state index is -4.09. The number of ether oxygens (including phenoxy) is 3. The number of aromatic amines is 1. The Morgan fingerprint density at radius 3 is 2.13 bits per heavy atom. The molecule has 4 aromatic rings. The molecule has 8 rings (SSSR count). The maximum Gasteiger partial charge on any atom is 0.305 e. The summed E-state index contributed by atoms with van der Waals surface area (Å²) in [7, 11) is -4.80. The van der Waals surface area contributed by atoms with Gasteiger partial charge in [-0.15, -0.1) is 0 Å². The van der Waals surface area contributed by atoms with Gasteiger partial charge in [0.2, 0.25) is 31.9 Å². The second-order valence-electron chi connectivity index (χ2n) is 14.8. The number of phenolic OH excluding ortho intramolecular Hbond substituents is 1. The zero-order valence-corrected chi connectivity index (χ0v) is 36.7. The Morgan fingerprint density at radius 2 is 1.43 bits per heavy atom. The highest BCUT2D eigenvalue weighted by molar-refractivity contribution is 7.89. The number of carbonyl (C=O) groups excluding carboxylic acids is 2. The Balaban J connectivity index is 0.000000196. The van der Waals surface area contributed by atoms with Crippen LogP contribution in [0.3, 0.4) is 0 Å². The summed E-state index contributed by atoms with van der Waals surface area (Å²) in [5.74, 6) is 0.826. The molecule has 0 saturated carbocycles. The van der Waals surface area contributed by atoms with Crippen LogP contribution < -0.4 is 24.4 Å². The van der Waals surface area contributed by atoms with Crippen LogP contribution in [0.1, 0.15) is 51.4 Å². The number of rotatable bonds is 10. The maximum absolute atomic E-state index is 13.6. The number of methoxy groups -OCH3 is 2. The number of aromatic hydroxyl groups is 1. The maximum atomic E-state index is 13.6. The molecule has 4 atom stereocenters. The summed E-state index contributed by atoms with van der Waals surface area (Å²) >= 11 is 13.0. The lowest BCUT2D eigenvalue weighted by atomic mass is 9.97. The van der Waals surface area contributed by atoms with Crippen molar-refractivity contribution in [2.45, 2.75) is 85.3 Å². The largest absolute Gasteiger partial charge is 0.505 e. The summed E-state index contributed by atoms with van der Waals surface area (Å²) in [6.07, 6.45) is 5.11. The van der Waals surface area contributed by atoms with Crippen molar-refractivity contribution < 1.29 is 45.7 Å². The molecule has 21 heteroatoms. The zero-order chi connectivity index (χ0) is 42.9. The van der Waals surface area contributed by atoms with E-state index in [-0.39, 0.29) is 61.0 Å². The van der Waals surface area contributed by atoms with Crippen molar-refractivity contribution in [1.82, 2.24) is 23.8 Å². The second-order valence-corrected chi connectivity index (χ2v) is 20.4. The summed E-state index contributed by atoms with van der Waals surface area (Å²) in [6, 6.07) is 10.2. The number of hydrogen-bond donors (Lipinski definition) is 3. The van der Waals surface area contributed by atoms with Crippen LogP contribution in [-0.2, 0) is 29.6 Å². The van der Waals surface area contributed by atoms with E-state index in [9.17, 15) is 36.3 Å². The van der Waals surface area contributed by atoms with Gasteiger partial charge in [0, 0.05) is 31.2 Å². The molecule has 0 radical (unpaired) electrons. The monoisotopic (exact) mass is 925 g/mol. The molecule has 0 spiro atoms. The van der Waals surface area contributed by atoms with Crippen LogP contribution in [0.15, 0.2) is 63.1 Å². The molecule has 4 saturated heterocycles. The first-order valence-electron chi connectivity index (χ1n) is 19.4. The molecule has 0 aliphatic carbocycles. The highest BCUT2D eigenvalue weighted by Crippen LogP contribution is 2.40. The number of nitrogens with zero attached hydrogens (tertiary/aromatic N) is 3. The molecular formula is C39H45Cl2N5O11S3. The number of hydrogen-bond acceptors (Lipinski definition) is 12. The molecule has 16 nitrogen and oxygen atoms in total. The van der Waals surface area contributed by atoms with Crippen molar-refractivity contribution in [3.63, 3.8) is 0 Å². The van der Waals surface area contributed by atoms with E-state index in [0.29, 0.717) is 79.2 Å². The molecule has 4 unspecified atom stereocenters. The number of sulfonamides is 2. The van der Waals surface area contributed by atoms with Crippen LogP contribution in [0.2, 0.25) is 10.0 Å². The first-order valence-corrected chi connectivity index (χ1v) is 23.9. The third kappa shape index (κ3) is 8.80. The lowest BCUT2D eigenvalue weighted by Gasteiger charge is -2.38. The molecule has 4 bridgehead atoms. The summed E-state index contributed by atoms with van der Waals surface area (Å²) in [4.78, 5) is 41.3. The Kier molecular flexibility index (Phi) is 13.2. The molecule has 3 aromatic carbocycles. The fourth-order valence-electron chi connectivity index (χ4n) is 8.39. The first kappa shape index (κ1) is 44.0. The van der Waals surface area contributed by atoms with E-state index >= 15 is 0 Å². The minimum Gasteiger partial charge on any atom is -0.505 e. The Labute approximate surface area is 361 Å². The molecule has 1 aromatic heterocycles. The van der Waals surface area contributed by atoms with Crippen LogP contribution in [0.4, 0.5) is 0 Å². The minimum absolute atomic E-state index is 0.136. The number of aromatic nitrogens is 1. The van der Waals surface area contributed by atoms with Crippen molar-refractivity contribution >= 4 is 76.6 Å². The predicted octanol–water partition coefficient (Wildman–Crippen LogP) is 4.96. The van der Waals surface area contributed by atoms with E-state index in [1.54, 1.807) is 36.3 Å². The van der Waals surface area contributed by atoms with Crippen LogP contribution in [0.5, 0.6) is 23.0 Å². The Morgan fingerprint density at radius 1 is 0.783 bits per heavy atom. The van der Waals surface area contributed by atoms with Crippen molar-refractivity contribution in [3.05, 3.63) is 68.2 Å². The molecule has 2 amide bonds. The highest BCUT2D eigenvalue weighted by atomic mass is 35.5. The number of benzene rings is 3. The van der Waals surface area contributed by atoms with E-state index in [2.05, 4.69) is 10.3 Å². The van der Waals surface area contributed by atoms with Crippen molar-refractivity contribution in [1.29, 1.82) is 0 Å². The normalized spacial score (nSPS) is 22.6. The quantitative estimate of drug-likeness (QED) is 0.194. The van der Waals surface area contributed by atoms with Crippen LogP contribution >= 0.6 is 34.5 Å². The standard InChI is InChI=1S/C24H28Cl2N2O7S.C15H17N3O4S2/c1-33-21-7-6-16(12-22(21)34-2)35-11-10-27-9-8-15-4-3-5-20(24(27)30)28(15)36(31,32)17-13-18(25)23(29)19(26)14-17;19-14-12-3-1-2-9(6-7-16-14)18(12)24(21,22)10-4-5-11-13(8-10)23-15(20)17-11/h6-7,12-15,20,29H,3-5,8-11H2,1-2H3;4-5,8-9,12H,1-3,6-7H2,(H,16,19)(H,17,20). The van der Waals surface area contributed by atoms with Gasteiger partial charge in [0.1, 0.15) is 24.4 Å². The number of halogens is 2. The third-order valence-electron chi connectivity index (χ3n) is 11.3. The zero-order valence-electron chi connectivity index (χ0n) is 32.8. The van der Waals surface area contributed by atoms with Crippen molar-refractivity contribution in [2.24, 2.45) is 0 Å². The highest BCUT2D eigenvalue weighted by Gasteiger charge is 2.47. The molecule has 60 heavy (non-hydrogen) atoms. The molecular weight excluding hydrogens is 882 g/mol. The van der Waals surface area contributed by atoms with Gasteiger partial charge < -0.3 is 34.5 Å². The van der Waals surface area contributed by atoms with Gasteiger partial charge in [0.15, 0.2) is 17.2 Å². The summed E-state index contributed by atoms with van der Waals surface area (Å²) in [5.41, 5.74) is 0.623. The van der Waals surface area contributed by atoms with E-state index < -0.39 is 32.1 Å². The number of carbonyl (C=O) groups is 2. The number of H-pyrrole nitrogens is 1. The SMILES string of the molecule is COc1ccc(OCCN2CCC3CCCC(C2=O)N3S(=O)(=O)c2cc(Cl)c(O)c(Cl)c2)cc1OC.O=C1NCCC2CCCC1N2S(=O)(=O)c1ccc2[nH]c(=O)sc2c1. The third-order valence-corrected chi connectivity index (χ3v) is 16.6. The number of nitrogens with one attached hydrogen (secondary N) is 2. The van der Waals surface area contributed by atoms with E-state index in [1.165, 1.54) is 27.9 Å². The van der Waals surface area contributed by atoms with Gasteiger partial charge in [0.05, 0.1) is 50.8 Å². The van der Waals surface area contributed by atoms with Gasteiger partial charge in [-0.1, -0.05) is 34.5 Å². The first-order chi connectivity index (χ1) is 28.6. The molecule has 4 aliphatic rings. The summed E-state index contributed by atoms with van der Waals surface area (Å²) < 4.78 is 73.4. The van der Waals surface area contributed by atoms with Gasteiger partial charge in [-0.3, -0.25) is 14.4 Å². The number of amides is 2. The lowest BCUT2D eigenvalue weighted by molar-refractivity contribution is -0.135. The van der Waals surface area contributed by atoms with Gasteiger partial charge >= 0.3 is 4.87 Å². The molecule has 3 N–H and O–H groups in total. The van der Waals surface area contributed by atoms with Crippen LogP contribution in [0.25, 0.3) is 10.2 Å². The summed E-state index contributed by atoms with van der Waals surface area (Å²) in [6.45, 7) is 1.46. The molecule has 4 aliphatic heterocycles. The topological polar surface area (TPSA) is 205 Å². The van der Waals surface area contributed by atoms with E-state index in [1.807, 2.05) is 0 Å². The van der Waals surface area contributed by atoms with Gasteiger partial charge in [-0.25, -0.2) is 16.8 Å². The van der Waals surface area contributed by atoms with Crippen molar-refractivity contribution in [3.8, 4) is 23.0 Å². The molecule has 324 valence electrons. The number of fused-ring (bicyclic) bond motifs is 5. The van der Waals surface area contributed by atoms with E-state index in [0.717, 1.165) is 42.7 Å². The number of piperidine rings is 2. The fraction of sp³-hybridized carbons (Fsp3) is 0.462. The number of thiazole rings is 1. The van der Waals surface area contributed by atoms with E-state index in [4.69, 9.17) is 37.4 Å². The smallest absolute Gasteiger partial charge is 0.305 e. The van der Waals surface area contributed by atoms with Crippen LogP contribution in [0, 0.1) is 0 Å². The molecule has 5 heterocycles. The van der Waals surface area contributed by atoms with Crippen LogP contribution in [-0.4, -0.2) is 117 Å². The van der Waals surface area contributed by atoms with Gasteiger partial charge in [0.25, 0.3) is 0 Å². The average Bonchev–Trinajstić information content (AvgIpc) is 3.54. The van der Waals surface area contributed by atoms with Gasteiger partial charge in [-0.05, 0) is 93.8 Å². The van der Waals surface area contributed by atoms with Crippen molar-refractivity contribution in [2.75, 3.05) is 40.5 Å². The summed E-state index contributed by atoms with van der Waals surface area (Å²) in [5, 5.41) is 12.3. The second kappa shape index (κ2) is 18.1. The molecule has 4 fully saturated rings. The van der Waals surface area contributed by atoms with Gasteiger partial charge in [-0.2, -0.15) is 8.61 Å². The Hall–Kier alpha value is -4.11. The Bertz CT molecular complexity index is 2530. The lowest BCUT2D eigenvalue weighted by Crippen LogP contribution is -2.53. The fourth-order valence-corrected chi connectivity index (χ4v) is 13.7. The average molecular weight is 927 g/mol.